The van der Waals surface area contributed by atoms with Gasteiger partial charge in [-0.25, -0.2) is 14.4 Å². The Morgan fingerprint density at radius 1 is 1.30 bits per heavy atom. The summed E-state index contributed by atoms with van der Waals surface area (Å²) < 4.78 is 13.9. The maximum atomic E-state index is 13.9. The van der Waals surface area contributed by atoms with Crippen molar-refractivity contribution in [1.29, 1.82) is 0 Å². The lowest BCUT2D eigenvalue weighted by Crippen LogP contribution is -2.06. The third kappa shape index (κ3) is 3.05. The fourth-order valence-corrected chi connectivity index (χ4v) is 1.70. The predicted molar refractivity (Wildman–Crippen MR) is 71.8 cm³/mol. The molecule has 0 aliphatic carbocycles. The summed E-state index contributed by atoms with van der Waals surface area (Å²) in [5.41, 5.74) is 1.17. The van der Waals surface area contributed by atoms with Crippen molar-refractivity contribution in [3.63, 3.8) is 0 Å². The van der Waals surface area contributed by atoms with Crippen molar-refractivity contribution in [1.82, 2.24) is 9.97 Å². The van der Waals surface area contributed by atoms with Crippen LogP contribution in [-0.2, 0) is 13.0 Å². The summed E-state index contributed by atoms with van der Waals surface area (Å²) in [6, 6.07) is 6.05. The lowest BCUT2D eigenvalue weighted by atomic mass is 10.2. The van der Waals surface area contributed by atoms with Crippen LogP contribution in [0, 0.1) is 15.9 Å². The summed E-state index contributed by atoms with van der Waals surface area (Å²) in [6.45, 7) is 2.14. The zero-order valence-corrected chi connectivity index (χ0v) is 10.8. The molecule has 1 N–H and O–H groups in total. The monoisotopic (exact) mass is 276 g/mol. The van der Waals surface area contributed by atoms with Crippen molar-refractivity contribution in [3.05, 3.63) is 57.8 Å². The normalized spacial score (nSPS) is 10.3. The van der Waals surface area contributed by atoms with E-state index in [0.717, 1.165) is 5.56 Å². The maximum absolute atomic E-state index is 13.9. The Labute approximate surface area is 114 Å². The predicted octanol–water partition coefficient (Wildman–Crippen LogP) is 2.70. The Morgan fingerprint density at radius 2 is 2.00 bits per heavy atom. The van der Waals surface area contributed by atoms with Gasteiger partial charge < -0.3 is 5.32 Å². The van der Waals surface area contributed by atoms with Gasteiger partial charge in [0.05, 0.1) is 10.6 Å². The van der Waals surface area contributed by atoms with Crippen molar-refractivity contribution in [3.8, 4) is 0 Å². The molecule has 2 rings (SSSR count). The number of aryl methyl sites for hydroxylation is 1. The molecule has 0 fully saturated rings. The molecule has 0 aliphatic heterocycles. The number of non-ortho nitro benzene ring substituents is 1. The highest BCUT2D eigenvalue weighted by atomic mass is 19.1. The van der Waals surface area contributed by atoms with Gasteiger partial charge in [0.2, 0.25) is 0 Å². The first kappa shape index (κ1) is 13.9. The Hall–Kier alpha value is -2.57. The van der Waals surface area contributed by atoms with E-state index >= 15 is 0 Å². The number of hydrogen-bond acceptors (Lipinski definition) is 5. The van der Waals surface area contributed by atoms with Crippen LogP contribution < -0.4 is 5.32 Å². The fourth-order valence-electron chi connectivity index (χ4n) is 1.70. The molecule has 20 heavy (non-hydrogen) atoms. The highest BCUT2D eigenvalue weighted by Crippen LogP contribution is 2.16. The van der Waals surface area contributed by atoms with E-state index in [1.165, 1.54) is 18.5 Å². The second-order valence-corrected chi connectivity index (χ2v) is 4.11. The molecule has 0 spiro atoms. The molecule has 6 nitrogen and oxygen atoms in total. The molecule has 0 saturated heterocycles. The van der Waals surface area contributed by atoms with E-state index in [9.17, 15) is 14.5 Å². The molecule has 0 aliphatic rings. The Balaban J connectivity index is 2.07. The average molecular weight is 276 g/mol. The van der Waals surface area contributed by atoms with Crippen molar-refractivity contribution >= 4 is 11.5 Å². The van der Waals surface area contributed by atoms with E-state index in [0.29, 0.717) is 18.7 Å². The van der Waals surface area contributed by atoms with Gasteiger partial charge in [-0.05, 0) is 12.0 Å². The van der Waals surface area contributed by atoms with E-state index in [2.05, 4.69) is 15.3 Å². The van der Waals surface area contributed by atoms with Gasteiger partial charge >= 0.3 is 0 Å². The van der Waals surface area contributed by atoms with Crippen LogP contribution in [0.1, 0.15) is 18.2 Å². The first-order valence-electron chi connectivity index (χ1n) is 6.08. The lowest BCUT2D eigenvalue weighted by molar-refractivity contribution is -0.384. The average Bonchev–Trinajstić information content (AvgIpc) is 2.46. The van der Waals surface area contributed by atoms with Gasteiger partial charge in [-0.2, -0.15) is 0 Å². The summed E-state index contributed by atoms with van der Waals surface area (Å²) in [6.07, 6.45) is 1.79. The summed E-state index contributed by atoms with van der Waals surface area (Å²) in [4.78, 5) is 17.8. The fraction of sp³-hybridized carbons (Fsp3) is 0.231. The van der Waals surface area contributed by atoms with E-state index in [1.54, 1.807) is 12.1 Å². The molecule has 1 aromatic heterocycles. The summed E-state index contributed by atoms with van der Waals surface area (Å²) >= 11 is 0. The molecule has 1 aromatic carbocycles. The Morgan fingerprint density at radius 3 is 2.60 bits per heavy atom. The maximum Gasteiger partial charge on any atom is 0.269 e. The number of benzene rings is 1. The second-order valence-electron chi connectivity index (χ2n) is 4.11. The number of nitrogens with one attached hydrogen (secondary N) is 1. The van der Waals surface area contributed by atoms with E-state index in [1.807, 2.05) is 6.92 Å². The van der Waals surface area contributed by atoms with Crippen molar-refractivity contribution in [2.75, 3.05) is 5.32 Å². The number of rotatable bonds is 5. The lowest BCUT2D eigenvalue weighted by Gasteiger charge is -2.08. The number of nitro benzene ring substituents is 1. The molecule has 0 saturated carbocycles. The van der Waals surface area contributed by atoms with Crippen LogP contribution in [-0.4, -0.2) is 14.9 Å². The van der Waals surface area contributed by atoms with Crippen LogP contribution in [0.2, 0.25) is 0 Å². The zero-order chi connectivity index (χ0) is 14.5. The molecular weight excluding hydrogens is 263 g/mol. The molecule has 0 bridgehead atoms. The van der Waals surface area contributed by atoms with Crippen LogP contribution in [0.3, 0.4) is 0 Å². The summed E-state index contributed by atoms with van der Waals surface area (Å²) in [5.74, 6) is -0.327. The van der Waals surface area contributed by atoms with Gasteiger partial charge in [0.15, 0.2) is 11.6 Å². The highest BCUT2D eigenvalue weighted by Gasteiger charge is 2.09. The molecule has 0 radical (unpaired) electrons. The van der Waals surface area contributed by atoms with Gasteiger partial charge in [-0.15, -0.1) is 0 Å². The SMILES string of the molecule is CCc1ncnc(NCc2ccc([N+](=O)[O-])cc2)c1F. The molecule has 0 amide bonds. The number of halogens is 1. The first-order valence-corrected chi connectivity index (χ1v) is 6.08. The Kier molecular flexibility index (Phi) is 4.19. The van der Waals surface area contributed by atoms with Gasteiger partial charge in [0.25, 0.3) is 5.69 Å². The Bertz CT molecular complexity index is 616. The highest BCUT2D eigenvalue weighted by molar-refractivity contribution is 5.39. The number of anilines is 1. The van der Waals surface area contributed by atoms with Crippen LogP contribution in [0.15, 0.2) is 30.6 Å². The van der Waals surface area contributed by atoms with Crippen molar-refractivity contribution < 1.29 is 9.31 Å². The van der Waals surface area contributed by atoms with E-state index < -0.39 is 10.7 Å². The summed E-state index contributed by atoms with van der Waals surface area (Å²) in [7, 11) is 0. The van der Waals surface area contributed by atoms with Crippen LogP contribution in [0.5, 0.6) is 0 Å². The van der Waals surface area contributed by atoms with Crippen molar-refractivity contribution in [2.45, 2.75) is 19.9 Å². The minimum absolute atomic E-state index is 0.0234. The molecule has 2 aromatic rings. The topological polar surface area (TPSA) is 81.0 Å². The third-order valence-electron chi connectivity index (χ3n) is 2.80. The van der Waals surface area contributed by atoms with Gasteiger partial charge in [0, 0.05) is 18.7 Å². The number of nitro groups is 1. The van der Waals surface area contributed by atoms with Gasteiger partial charge in [-0.1, -0.05) is 19.1 Å². The molecule has 0 atom stereocenters. The zero-order valence-electron chi connectivity index (χ0n) is 10.8. The largest absolute Gasteiger partial charge is 0.363 e. The van der Waals surface area contributed by atoms with E-state index in [-0.39, 0.29) is 11.5 Å². The standard InChI is InChI=1S/C13H13FN4O2/c1-2-11-12(14)13(17-8-16-11)15-7-9-3-5-10(6-4-9)18(19)20/h3-6,8H,2,7H2,1H3,(H,15,16,17). The molecule has 0 unspecified atom stereocenters. The molecular formula is C13H13FN4O2. The third-order valence-corrected chi connectivity index (χ3v) is 2.80. The smallest absolute Gasteiger partial charge is 0.269 e. The van der Waals surface area contributed by atoms with Crippen LogP contribution in [0.25, 0.3) is 0 Å². The number of aromatic nitrogens is 2. The quantitative estimate of drug-likeness (QED) is 0.670. The van der Waals surface area contributed by atoms with Gasteiger partial charge in [0.1, 0.15) is 6.33 Å². The molecule has 104 valence electrons. The van der Waals surface area contributed by atoms with Crippen molar-refractivity contribution in [2.24, 2.45) is 0 Å². The van der Waals surface area contributed by atoms with Crippen LogP contribution in [0.4, 0.5) is 15.9 Å². The van der Waals surface area contributed by atoms with Crippen LogP contribution >= 0.6 is 0 Å². The first-order chi connectivity index (χ1) is 9.61. The number of nitrogens with zero attached hydrogens (tertiary/aromatic N) is 3. The molecule has 7 heteroatoms. The van der Waals surface area contributed by atoms with E-state index in [4.69, 9.17) is 0 Å². The molecule has 1 heterocycles. The minimum Gasteiger partial charge on any atom is -0.363 e. The van der Waals surface area contributed by atoms with Gasteiger partial charge in [-0.3, -0.25) is 10.1 Å². The summed E-state index contributed by atoms with van der Waals surface area (Å²) in [5, 5.41) is 13.4. The number of hydrogen-bond donors (Lipinski definition) is 1. The second kappa shape index (κ2) is 6.05. The minimum atomic E-state index is -0.463.